The van der Waals surface area contributed by atoms with E-state index in [1.54, 1.807) is 17.0 Å². The molecule has 1 aromatic heterocycles. The van der Waals surface area contributed by atoms with E-state index in [2.05, 4.69) is 15.5 Å². The van der Waals surface area contributed by atoms with Gasteiger partial charge in [-0.2, -0.15) is 0 Å². The number of benzene rings is 1. The van der Waals surface area contributed by atoms with Crippen LogP contribution >= 0.6 is 22.9 Å². The Morgan fingerprint density at radius 1 is 1.36 bits per heavy atom. The number of carbonyl (C=O) groups excluding carboxylic acids is 2. The third-order valence-corrected chi connectivity index (χ3v) is 5.31. The van der Waals surface area contributed by atoms with Crippen LogP contribution in [0.2, 0.25) is 5.02 Å². The lowest BCUT2D eigenvalue weighted by molar-refractivity contribution is -0.117. The summed E-state index contributed by atoms with van der Waals surface area (Å²) in [6.45, 7) is 2.60. The smallest absolute Gasteiger partial charge is 0.227 e. The topological polar surface area (TPSA) is 75.2 Å². The van der Waals surface area contributed by atoms with Gasteiger partial charge >= 0.3 is 0 Å². The number of rotatable bonds is 6. The number of carbonyl (C=O) groups is 2. The molecule has 3 rings (SSSR count). The largest absolute Gasteiger partial charge is 0.312 e. The fourth-order valence-corrected chi connectivity index (χ4v) is 3.69. The number of halogens is 1. The maximum Gasteiger partial charge on any atom is 0.227 e. The fraction of sp³-hybridized carbons (Fsp3) is 0.412. The average molecular weight is 379 g/mol. The van der Waals surface area contributed by atoms with Crippen LogP contribution in [0.15, 0.2) is 24.3 Å². The van der Waals surface area contributed by atoms with Gasteiger partial charge in [0.2, 0.25) is 16.9 Å². The summed E-state index contributed by atoms with van der Waals surface area (Å²) in [7, 11) is 0. The summed E-state index contributed by atoms with van der Waals surface area (Å²) in [5.74, 6) is -0.00661. The third kappa shape index (κ3) is 4.35. The average Bonchev–Trinajstić information content (AvgIpc) is 3.20. The van der Waals surface area contributed by atoms with Crippen LogP contribution in [0, 0.1) is 0 Å². The van der Waals surface area contributed by atoms with Crippen molar-refractivity contribution < 1.29 is 9.59 Å². The lowest BCUT2D eigenvalue weighted by Gasteiger charge is -2.16. The Bertz CT molecular complexity index is 762. The van der Waals surface area contributed by atoms with Gasteiger partial charge in [-0.3, -0.25) is 9.59 Å². The van der Waals surface area contributed by atoms with Gasteiger partial charge in [0, 0.05) is 36.0 Å². The Morgan fingerprint density at radius 2 is 2.12 bits per heavy atom. The molecule has 1 aromatic carbocycles. The molecule has 2 amide bonds. The van der Waals surface area contributed by atoms with Gasteiger partial charge in [0.1, 0.15) is 5.01 Å². The minimum Gasteiger partial charge on any atom is -0.312 e. The highest BCUT2D eigenvalue weighted by molar-refractivity contribution is 7.15. The van der Waals surface area contributed by atoms with Crippen molar-refractivity contribution in [2.75, 3.05) is 16.8 Å². The van der Waals surface area contributed by atoms with Gasteiger partial charge in [-0.1, -0.05) is 36.3 Å². The van der Waals surface area contributed by atoms with Gasteiger partial charge in [0.05, 0.1) is 0 Å². The van der Waals surface area contributed by atoms with Crippen molar-refractivity contribution >= 4 is 45.6 Å². The molecule has 6 nitrogen and oxygen atoms in total. The highest BCUT2D eigenvalue weighted by atomic mass is 35.5. The molecule has 1 fully saturated rings. The standard InChI is InChI=1S/C17H19ClN4O2S/c1-2-3-4-14(23)19-17-21-20-16(25-17)11-9-15(24)22(10-11)13-7-5-12(18)6-8-13/h5-8,11H,2-4,9-10H2,1H3,(H,19,21,23). The van der Waals surface area contributed by atoms with Crippen molar-refractivity contribution in [2.45, 2.75) is 38.5 Å². The van der Waals surface area contributed by atoms with Crippen molar-refractivity contribution in [1.29, 1.82) is 0 Å². The van der Waals surface area contributed by atoms with E-state index in [1.165, 1.54) is 11.3 Å². The fourth-order valence-electron chi connectivity index (χ4n) is 2.71. The normalized spacial score (nSPS) is 17.1. The molecule has 1 saturated heterocycles. The van der Waals surface area contributed by atoms with Crippen molar-refractivity contribution in [3.05, 3.63) is 34.3 Å². The van der Waals surface area contributed by atoms with E-state index in [9.17, 15) is 9.59 Å². The maximum absolute atomic E-state index is 12.3. The molecule has 0 radical (unpaired) electrons. The molecule has 2 heterocycles. The number of nitrogens with one attached hydrogen (secondary N) is 1. The molecule has 1 unspecified atom stereocenters. The van der Waals surface area contributed by atoms with E-state index in [-0.39, 0.29) is 17.7 Å². The number of hydrogen-bond donors (Lipinski definition) is 1. The van der Waals surface area contributed by atoms with E-state index in [4.69, 9.17) is 11.6 Å². The van der Waals surface area contributed by atoms with E-state index in [0.29, 0.717) is 29.5 Å². The van der Waals surface area contributed by atoms with Gasteiger partial charge in [-0.05, 0) is 30.7 Å². The number of hydrogen-bond acceptors (Lipinski definition) is 5. The Balaban J connectivity index is 1.64. The Morgan fingerprint density at radius 3 is 2.84 bits per heavy atom. The lowest BCUT2D eigenvalue weighted by Crippen LogP contribution is -2.24. The molecule has 25 heavy (non-hydrogen) atoms. The third-order valence-electron chi connectivity index (χ3n) is 4.06. The molecular formula is C17H19ClN4O2S. The van der Waals surface area contributed by atoms with Crippen molar-refractivity contribution in [3.63, 3.8) is 0 Å². The molecule has 2 aromatic rings. The number of anilines is 2. The highest BCUT2D eigenvalue weighted by Crippen LogP contribution is 2.34. The van der Waals surface area contributed by atoms with Crippen LogP contribution in [0.5, 0.6) is 0 Å². The van der Waals surface area contributed by atoms with E-state index >= 15 is 0 Å². The molecule has 0 bridgehead atoms. The zero-order valence-electron chi connectivity index (χ0n) is 13.9. The number of nitrogens with zero attached hydrogens (tertiary/aromatic N) is 3. The zero-order valence-corrected chi connectivity index (χ0v) is 15.4. The lowest BCUT2D eigenvalue weighted by atomic mass is 10.1. The molecule has 132 valence electrons. The van der Waals surface area contributed by atoms with E-state index in [0.717, 1.165) is 23.5 Å². The Hall–Kier alpha value is -1.99. The molecule has 0 saturated carbocycles. The molecule has 0 spiro atoms. The first kappa shape index (κ1) is 17.8. The first-order valence-corrected chi connectivity index (χ1v) is 9.45. The molecule has 8 heteroatoms. The molecular weight excluding hydrogens is 360 g/mol. The van der Waals surface area contributed by atoms with Crippen LogP contribution in [-0.2, 0) is 9.59 Å². The van der Waals surface area contributed by atoms with Gasteiger partial charge in [-0.15, -0.1) is 10.2 Å². The summed E-state index contributed by atoms with van der Waals surface area (Å²) >= 11 is 7.24. The Labute approximate surface area is 155 Å². The minimum atomic E-state index is -0.0464. The van der Waals surface area contributed by atoms with Crippen LogP contribution in [-0.4, -0.2) is 28.6 Å². The van der Waals surface area contributed by atoms with Gasteiger partial charge < -0.3 is 10.2 Å². The Kier molecular flexibility index (Phi) is 5.65. The monoisotopic (exact) mass is 378 g/mol. The van der Waals surface area contributed by atoms with Gasteiger partial charge in [0.25, 0.3) is 0 Å². The molecule has 1 aliphatic rings. The number of unbranched alkanes of at least 4 members (excludes halogenated alkanes) is 1. The maximum atomic E-state index is 12.3. The summed E-state index contributed by atoms with van der Waals surface area (Å²) in [6, 6.07) is 7.21. The number of aromatic nitrogens is 2. The first-order chi connectivity index (χ1) is 12.1. The minimum absolute atomic E-state index is 0.0121. The molecule has 1 aliphatic heterocycles. The molecule has 1 atom stereocenters. The van der Waals surface area contributed by atoms with Crippen molar-refractivity contribution in [1.82, 2.24) is 10.2 Å². The SMILES string of the molecule is CCCCC(=O)Nc1nnc(C2CC(=O)N(c3ccc(Cl)cc3)C2)s1. The van der Waals surface area contributed by atoms with Crippen LogP contribution in [0.4, 0.5) is 10.8 Å². The van der Waals surface area contributed by atoms with Crippen LogP contribution < -0.4 is 10.2 Å². The van der Waals surface area contributed by atoms with Gasteiger partial charge in [-0.25, -0.2) is 0 Å². The predicted molar refractivity (Wildman–Crippen MR) is 99.2 cm³/mol. The second-order valence-corrected chi connectivity index (χ2v) is 7.42. The van der Waals surface area contributed by atoms with E-state index < -0.39 is 0 Å². The van der Waals surface area contributed by atoms with E-state index in [1.807, 2.05) is 19.1 Å². The summed E-state index contributed by atoms with van der Waals surface area (Å²) in [5.41, 5.74) is 0.828. The van der Waals surface area contributed by atoms with Crippen LogP contribution in [0.25, 0.3) is 0 Å². The van der Waals surface area contributed by atoms with Crippen molar-refractivity contribution in [3.8, 4) is 0 Å². The van der Waals surface area contributed by atoms with Crippen LogP contribution in [0.1, 0.15) is 43.5 Å². The summed E-state index contributed by atoms with van der Waals surface area (Å²) in [4.78, 5) is 25.8. The second-order valence-electron chi connectivity index (χ2n) is 5.98. The molecule has 0 aliphatic carbocycles. The summed E-state index contributed by atoms with van der Waals surface area (Å²) in [5, 5.41) is 12.9. The quantitative estimate of drug-likeness (QED) is 0.828. The second kappa shape index (κ2) is 7.93. The number of amides is 2. The van der Waals surface area contributed by atoms with Gasteiger partial charge in [0.15, 0.2) is 0 Å². The summed E-state index contributed by atoms with van der Waals surface area (Å²) in [6.07, 6.45) is 2.70. The van der Waals surface area contributed by atoms with Crippen LogP contribution in [0.3, 0.4) is 0 Å². The summed E-state index contributed by atoms with van der Waals surface area (Å²) < 4.78 is 0. The molecule has 1 N–H and O–H groups in total. The first-order valence-electron chi connectivity index (χ1n) is 8.26. The zero-order chi connectivity index (χ0) is 17.8. The van der Waals surface area contributed by atoms with Crippen molar-refractivity contribution in [2.24, 2.45) is 0 Å². The highest BCUT2D eigenvalue weighted by Gasteiger charge is 2.33. The predicted octanol–water partition coefficient (Wildman–Crippen LogP) is 3.84.